The van der Waals surface area contributed by atoms with Gasteiger partial charge in [-0.25, -0.2) is 0 Å². The quantitative estimate of drug-likeness (QED) is 0.185. The Morgan fingerprint density at radius 1 is 0.422 bits per heavy atom. The van der Waals surface area contributed by atoms with Gasteiger partial charge in [-0.15, -0.1) is 0 Å². The number of rotatable bonds is 3. The van der Waals surface area contributed by atoms with E-state index in [1.165, 1.54) is 87.6 Å². The van der Waals surface area contributed by atoms with E-state index in [4.69, 9.17) is 0 Å². The lowest BCUT2D eigenvalue weighted by atomic mass is 9.86. The molecule has 214 valence electrons. The molecular weight excluding hydrogens is 542 g/mol. The summed E-state index contributed by atoms with van der Waals surface area (Å²) in [6.45, 7) is 6.86. The molecule has 1 heterocycles. The van der Waals surface area contributed by atoms with Crippen molar-refractivity contribution in [2.45, 2.75) is 26.2 Å². The molecule has 1 nitrogen and oxygen atoms in total. The van der Waals surface area contributed by atoms with Gasteiger partial charge in [-0.05, 0) is 95.9 Å². The van der Waals surface area contributed by atoms with Gasteiger partial charge in [-0.3, -0.25) is 0 Å². The molecule has 0 aliphatic heterocycles. The summed E-state index contributed by atoms with van der Waals surface area (Å²) in [4.78, 5) is 0. The third-order valence-corrected chi connectivity index (χ3v) is 9.70. The third-order valence-electron chi connectivity index (χ3n) is 9.70. The van der Waals surface area contributed by atoms with Crippen molar-refractivity contribution >= 4 is 54.1 Å². The van der Waals surface area contributed by atoms with Crippen molar-refractivity contribution in [3.63, 3.8) is 0 Å². The second-order valence-electron chi connectivity index (χ2n) is 13.4. The molecule has 0 amide bonds. The summed E-state index contributed by atoms with van der Waals surface area (Å²) in [7, 11) is 0. The second-order valence-corrected chi connectivity index (χ2v) is 13.4. The van der Waals surface area contributed by atoms with Crippen LogP contribution in [0.2, 0.25) is 0 Å². The third kappa shape index (κ3) is 3.94. The highest BCUT2D eigenvalue weighted by molar-refractivity contribution is 6.27. The van der Waals surface area contributed by atoms with Crippen LogP contribution in [0.25, 0.3) is 82.1 Å². The van der Waals surface area contributed by atoms with Crippen molar-refractivity contribution in [3.8, 4) is 27.9 Å². The minimum absolute atomic E-state index is 0.0915. The van der Waals surface area contributed by atoms with E-state index >= 15 is 0 Å². The summed E-state index contributed by atoms with van der Waals surface area (Å²) in [5.41, 5.74) is 10.1. The molecule has 9 rings (SSSR count). The highest BCUT2D eigenvalue weighted by Gasteiger charge is 2.19. The monoisotopic (exact) mass is 575 g/mol. The van der Waals surface area contributed by atoms with Gasteiger partial charge in [-0.2, -0.15) is 0 Å². The molecule has 0 N–H and O–H groups in total. The Balaban J connectivity index is 1.27. The molecule has 0 radical (unpaired) electrons. The van der Waals surface area contributed by atoms with Crippen LogP contribution in [0.5, 0.6) is 0 Å². The van der Waals surface area contributed by atoms with E-state index in [1.54, 1.807) is 0 Å². The molecule has 0 unspecified atom stereocenters. The van der Waals surface area contributed by atoms with Gasteiger partial charge in [0, 0.05) is 16.5 Å². The molecule has 0 saturated heterocycles. The van der Waals surface area contributed by atoms with Gasteiger partial charge in [-0.1, -0.05) is 136 Å². The summed E-state index contributed by atoms with van der Waals surface area (Å²) >= 11 is 0. The topological polar surface area (TPSA) is 4.93 Å². The normalized spacial score (nSPS) is 12.3. The first-order chi connectivity index (χ1) is 22.0. The predicted molar refractivity (Wildman–Crippen MR) is 194 cm³/mol. The molecule has 1 heteroatoms. The summed E-state index contributed by atoms with van der Waals surface area (Å²) in [6, 6.07) is 54.0. The van der Waals surface area contributed by atoms with Gasteiger partial charge in [0.25, 0.3) is 0 Å². The zero-order chi connectivity index (χ0) is 30.3. The van der Waals surface area contributed by atoms with Crippen LogP contribution in [0, 0.1) is 0 Å². The Hall–Kier alpha value is -5.40. The van der Waals surface area contributed by atoms with Gasteiger partial charge in [0.2, 0.25) is 0 Å². The minimum atomic E-state index is 0.0915. The number of hydrogen-bond donors (Lipinski definition) is 0. The Morgan fingerprint density at radius 2 is 1.02 bits per heavy atom. The van der Waals surface area contributed by atoms with Gasteiger partial charge >= 0.3 is 0 Å². The number of hydrogen-bond acceptors (Lipinski definition) is 0. The fraction of sp³-hybridized carbons (Fsp3) is 0.0909. The largest absolute Gasteiger partial charge is 0.309 e. The maximum atomic E-state index is 2.43. The van der Waals surface area contributed by atoms with Crippen LogP contribution < -0.4 is 0 Å². The summed E-state index contributed by atoms with van der Waals surface area (Å²) < 4.78 is 2.43. The molecule has 0 saturated carbocycles. The van der Waals surface area contributed by atoms with Crippen molar-refractivity contribution in [1.29, 1.82) is 0 Å². The number of fused-ring (bicyclic) bond motifs is 3. The van der Waals surface area contributed by atoms with Gasteiger partial charge in [0.15, 0.2) is 0 Å². The van der Waals surface area contributed by atoms with Gasteiger partial charge in [0.1, 0.15) is 0 Å². The fourth-order valence-electron chi connectivity index (χ4n) is 7.45. The summed E-state index contributed by atoms with van der Waals surface area (Å²) in [6.07, 6.45) is 0. The van der Waals surface area contributed by atoms with Crippen molar-refractivity contribution in [2.24, 2.45) is 0 Å². The Morgan fingerprint density at radius 3 is 1.73 bits per heavy atom. The SMILES string of the molecule is CC(C)(C)c1ccc2c(c1)c1ccccc1n2-c1cccc(-c2ccc3ccc4c(-c5ccccc5)ccc5ccc2c3c54)c1. The zero-order valence-electron chi connectivity index (χ0n) is 25.8. The van der Waals surface area contributed by atoms with Crippen LogP contribution in [-0.2, 0) is 5.41 Å². The molecular formula is C44H33N. The molecule has 0 spiro atoms. The lowest BCUT2D eigenvalue weighted by Crippen LogP contribution is -2.10. The zero-order valence-corrected chi connectivity index (χ0v) is 25.8. The second kappa shape index (κ2) is 9.55. The highest BCUT2D eigenvalue weighted by Crippen LogP contribution is 2.43. The molecule has 0 atom stereocenters. The van der Waals surface area contributed by atoms with Crippen LogP contribution >= 0.6 is 0 Å². The first-order valence-electron chi connectivity index (χ1n) is 15.9. The van der Waals surface area contributed by atoms with E-state index < -0.39 is 0 Å². The van der Waals surface area contributed by atoms with E-state index in [2.05, 4.69) is 171 Å². The van der Waals surface area contributed by atoms with Crippen LogP contribution in [-0.4, -0.2) is 4.57 Å². The Kier molecular flexibility index (Phi) is 5.53. The Bertz CT molecular complexity index is 2560. The number of nitrogens with zero attached hydrogens (tertiary/aromatic N) is 1. The number of para-hydroxylation sites is 1. The van der Waals surface area contributed by atoms with Crippen molar-refractivity contribution < 1.29 is 0 Å². The highest BCUT2D eigenvalue weighted by atomic mass is 15.0. The van der Waals surface area contributed by atoms with E-state index in [-0.39, 0.29) is 5.41 Å². The van der Waals surface area contributed by atoms with Crippen LogP contribution in [0.15, 0.2) is 146 Å². The van der Waals surface area contributed by atoms with Crippen molar-refractivity contribution in [1.82, 2.24) is 4.57 Å². The first kappa shape index (κ1) is 26.0. The van der Waals surface area contributed by atoms with E-state index in [0.717, 1.165) is 0 Å². The standard InChI is InChI=1S/C44H33N/c1-44(2,3)32-20-25-41-39(27-32)36-14-7-8-15-40(36)45(41)33-13-9-12-31(26-33)35-22-17-30-18-23-37-34(28-10-5-4-6-11-28)21-16-29-19-24-38(35)43(30)42(29)37/h4-27H,1-3H3. The fourth-order valence-corrected chi connectivity index (χ4v) is 7.45. The van der Waals surface area contributed by atoms with Gasteiger partial charge < -0.3 is 4.57 Å². The molecule has 1 aromatic heterocycles. The first-order valence-corrected chi connectivity index (χ1v) is 15.9. The lowest BCUT2D eigenvalue weighted by molar-refractivity contribution is 0.591. The predicted octanol–water partition coefficient (Wildman–Crippen LogP) is 12.3. The average Bonchev–Trinajstić information content (AvgIpc) is 3.41. The van der Waals surface area contributed by atoms with E-state index in [1.807, 2.05) is 0 Å². The Labute approximate surface area is 263 Å². The van der Waals surface area contributed by atoms with Gasteiger partial charge in [0.05, 0.1) is 11.0 Å². The molecule has 9 aromatic rings. The number of aromatic nitrogens is 1. The molecule has 0 bridgehead atoms. The van der Waals surface area contributed by atoms with Crippen molar-refractivity contribution in [3.05, 3.63) is 151 Å². The molecule has 0 aliphatic rings. The van der Waals surface area contributed by atoms with Crippen LogP contribution in [0.1, 0.15) is 26.3 Å². The summed E-state index contributed by atoms with van der Waals surface area (Å²) in [5.74, 6) is 0. The van der Waals surface area contributed by atoms with E-state index in [9.17, 15) is 0 Å². The maximum absolute atomic E-state index is 2.43. The molecule has 45 heavy (non-hydrogen) atoms. The smallest absolute Gasteiger partial charge is 0.0541 e. The minimum Gasteiger partial charge on any atom is -0.309 e. The molecule has 0 aliphatic carbocycles. The maximum Gasteiger partial charge on any atom is 0.0541 e. The number of benzene rings is 8. The average molecular weight is 576 g/mol. The molecule has 0 fully saturated rings. The van der Waals surface area contributed by atoms with Crippen molar-refractivity contribution in [2.75, 3.05) is 0 Å². The lowest BCUT2D eigenvalue weighted by Gasteiger charge is -2.19. The van der Waals surface area contributed by atoms with E-state index in [0.29, 0.717) is 0 Å². The van der Waals surface area contributed by atoms with Crippen LogP contribution in [0.4, 0.5) is 0 Å². The summed E-state index contributed by atoms with van der Waals surface area (Å²) in [5, 5.41) is 10.5. The van der Waals surface area contributed by atoms with Crippen LogP contribution in [0.3, 0.4) is 0 Å². The molecule has 8 aromatic carbocycles.